The highest BCUT2D eigenvalue weighted by Crippen LogP contribution is 2.83. The molecule has 3 saturated carbocycles. The van der Waals surface area contributed by atoms with Gasteiger partial charge in [0.25, 0.3) is 0 Å². The Hall–Kier alpha value is -2.84. The van der Waals surface area contributed by atoms with E-state index >= 15 is 4.79 Å². The van der Waals surface area contributed by atoms with Crippen LogP contribution in [0.15, 0.2) is 72.3 Å². The Labute approximate surface area is 278 Å². The first-order valence-electron chi connectivity index (χ1n) is 17.7. The molecule has 250 valence electrons. The van der Waals surface area contributed by atoms with Gasteiger partial charge in [-0.05, 0) is 66.9 Å². The van der Waals surface area contributed by atoms with E-state index in [1.807, 2.05) is 67.6 Å². The van der Waals surface area contributed by atoms with Crippen molar-refractivity contribution in [3.63, 3.8) is 0 Å². The molecule has 2 aromatic rings. The second-order valence-electron chi connectivity index (χ2n) is 15.6. The lowest BCUT2D eigenvalue weighted by Crippen LogP contribution is -2.64. The Morgan fingerprint density at radius 2 is 1.64 bits per heavy atom. The molecule has 0 unspecified atom stereocenters. The lowest BCUT2D eigenvalue weighted by atomic mass is 9.43. The highest BCUT2D eigenvalue weighted by Gasteiger charge is 2.85. The molecule has 0 aromatic heterocycles. The number of hydrogen-bond acceptors (Lipinski definition) is 7. The van der Waals surface area contributed by atoms with Gasteiger partial charge < -0.3 is 28.5 Å². The predicted molar refractivity (Wildman–Crippen MR) is 175 cm³/mol. The maximum atomic E-state index is 15.7. The fourth-order valence-corrected chi connectivity index (χ4v) is 11.3. The summed E-state index contributed by atoms with van der Waals surface area (Å²) in [4.78, 5) is 29.6. The number of epoxide rings is 1. The van der Waals surface area contributed by atoms with Gasteiger partial charge in [0.2, 0.25) is 0 Å². The Kier molecular flexibility index (Phi) is 7.60. The number of fused-ring (bicyclic) bond motifs is 3. The van der Waals surface area contributed by atoms with E-state index in [1.165, 1.54) is 6.29 Å². The zero-order valence-electron chi connectivity index (χ0n) is 28.2. The maximum Gasteiger partial charge on any atom is 0.318 e. The van der Waals surface area contributed by atoms with Crippen molar-refractivity contribution in [1.82, 2.24) is 0 Å². The number of esters is 1. The second kappa shape index (κ2) is 11.4. The molecule has 7 heteroatoms. The van der Waals surface area contributed by atoms with Gasteiger partial charge >= 0.3 is 5.97 Å². The van der Waals surface area contributed by atoms with Crippen LogP contribution in [0.1, 0.15) is 70.6 Å². The van der Waals surface area contributed by atoms with E-state index < -0.39 is 28.6 Å². The summed E-state index contributed by atoms with van der Waals surface area (Å²) in [6.45, 7) is 8.93. The zero-order valence-corrected chi connectivity index (χ0v) is 28.2. The van der Waals surface area contributed by atoms with Crippen LogP contribution in [-0.2, 0) is 33.3 Å². The monoisotopic (exact) mass is 640 g/mol. The van der Waals surface area contributed by atoms with Crippen LogP contribution in [0.3, 0.4) is 0 Å². The van der Waals surface area contributed by atoms with Crippen LogP contribution < -0.4 is 0 Å². The number of hydrogen-bond donors (Lipinski definition) is 0. The number of aldehydes is 1. The molecule has 0 amide bonds. The van der Waals surface area contributed by atoms with Gasteiger partial charge in [-0.3, -0.25) is 4.79 Å². The topological polar surface area (TPSA) is 83.6 Å². The minimum Gasteiger partial charge on any atom is -0.452 e. The minimum absolute atomic E-state index is 0.0195. The van der Waals surface area contributed by atoms with E-state index in [9.17, 15) is 4.79 Å². The van der Waals surface area contributed by atoms with Gasteiger partial charge in [-0.1, -0.05) is 99.5 Å². The third-order valence-corrected chi connectivity index (χ3v) is 13.3. The Morgan fingerprint density at radius 3 is 2.26 bits per heavy atom. The van der Waals surface area contributed by atoms with Crippen LogP contribution in [-0.4, -0.2) is 56.7 Å². The van der Waals surface area contributed by atoms with Gasteiger partial charge in [-0.25, -0.2) is 0 Å². The smallest absolute Gasteiger partial charge is 0.318 e. The first-order chi connectivity index (χ1) is 22.7. The number of benzene rings is 2. The van der Waals surface area contributed by atoms with Crippen molar-refractivity contribution in [3.8, 4) is 0 Å². The van der Waals surface area contributed by atoms with Gasteiger partial charge in [-0.2, -0.15) is 0 Å². The summed E-state index contributed by atoms with van der Waals surface area (Å²) in [6, 6.07) is 19.9. The second-order valence-corrected chi connectivity index (χ2v) is 15.6. The number of carbonyl (C=O) groups excluding carboxylic acids is 2. The molecule has 12 atom stereocenters. The van der Waals surface area contributed by atoms with Gasteiger partial charge in [0.1, 0.15) is 30.0 Å². The van der Waals surface area contributed by atoms with Gasteiger partial charge in [0, 0.05) is 12.5 Å². The molecule has 2 saturated heterocycles. The molecule has 6 aliphatic rings. The molecule has 5 fully saturated rings. The van der Waals surface area contributed by atoms with Gasteiger partial charge in [0.05, 0.1) is 18.1 Å². The third-order valence-electron chi connectivity index (χ3n) is 13.3. The van der Waals surface area contributed by atoms with Crippen LogP contribution in [0.5, 0.6) is 0 Å². The third kappa shape index (κ3) is 4.25. The molecule has 2 heterocycles. The average molecular weight is 641 g/mol. The van der Waals surface area contributed by atoms with Crippen molar-refractivity contribution < 1.29 is 33.3 Å². The molecule has 4 bridgehead atoms. The molecule has 0 radical (unpaired) electrons. The van der Waals surface area contributed by atoms with Crippen molar-refractivity contribution in [3.05, 3.63) is 83.4 Å². The van der Waals surface area contributed by atoms with E-state index in [2.05, 4.69) is 26.8 Å². The lowest BCUT2D eigenvalue weighted by molar-refractivity contribution is -0.239. The minimum atomic E-state index is -1.15. The summed E-state index contributed by atoms with van der Waals surface area (Å²) >= 11 is 0. The predicted octanol–water partition coefficient (Wildman–Crippen LogP) is 6.70. The van der Waals surface area contributed by atoms with Crippen LogP contribution in [0.4, 0.5) is 0 Å². The first kappa shape index (κ1) is 31.4. The highest BCUT2D eigenvalue weighted by molar-refractivity contribution is 5.92. The number of methoxy groups -OCH3 is 1. The fraction of sp³-hybridized carbons (Fsp3) is 0.600. The normalized spacial score (nSPS) is 42.6. The average Bonchev–Trinajstić information content (AvgIpc) is 3.68. The first-order valence-corrected chi connectivity index (χ1v) is 17.7. The van der Waals surface area contributed by atoms with E-state index in [4.69, 9.17) is 23.7 Å². The lowest BCUT2D eigenvalue weighted by Gasteiger charge is -2.59. The molecule has 2 aromatic carbocycles. The van der Waals surface area contributed by atoms with E-state index in [1.54, 1.807) is 7.11 Å². The number of carbonyl (C=O) groups is 2. The van der Waals surface area contributed by atoms with E-state index in [0.29, 0.717) is 24.9 Å². The summed E-state index contributed by atoms with van der Waals surface area (Å²) in [5.41, 5.74) is 0.208. The van der Waals surface area contributed by atoms with Crippen molar-refractivity contribution in [2.45, 2.75) is 90.2 Å². The molecule has 0 spiro atoms. The van der Waals surface area contributed by atoms with E-state index in [0.717, 1.165) is 36.0 Å². The molecule has 2 aliphatic heterocycles. The number of ether oxygens (including phenoxy) is 5. The Morgan fingerprint density at radius 1 is 0.957 bits per heavy atom. The van der Waals surface area contributed by atoms with Gasteiger partial charge in [0.15, 0.2) is 12.4 Å². The number of rotatable bonds is 10. The standard InChI is InChI=1S/C40H48O7/c1-23(2)31-18-28-19-38(21-41)30-17-16-24(3)29(30)20-39(28,22-44-36-35-34(46-35)32(43-5)25(4)45-36)40(31,38)37(42)47-33(26-12-8-6-9-13-26)27-14-10-7-11-15-27/h6-15,18,21,23-25,28-30,32-36H,16-17,19-20,22H2,1-5H3/t24-,25-,28+,29-,30-,32-,34-,35-,36-,38+,39+,40+/m1/s1. The SMILES string of the molecule is CO[C@H]1[C@H]2O[C@H]2[C@H](OC[C@@]23C[C@@H]4[C@H](C)CC[C@H]4[C@@]4(C=O)C[C@@H]2C=C(C(C)C)[C@@]34C(=O)OC(c2ccccc2)c2ccccc2)O[C@@H]1C. The maximum absolute atomic E-state index is 15.7. The van der Waals surface area contributed by atoms with E-state index in [-0.39, 0.29) is 48.1 Å². The Balaban J connectivity index is 1.24. The summed E-state index contributed by atoms with van der Waals surface area (Å²) < 4.78 is 31.8. The quantitative estimate of drug-likeness (QED) is 0.124. The highest BCUT2D eigenvalue weighted by atomic mass is 16.7. The van der Waals surface area contributed by atoms with Crippen molar-refractivity contribution in [1.29, 1.82) is 0 Å². The summed E-state index contributed by atoms with van der Waals surface area (Å²) in [6.07, 6.45) is 5.25. The Bertz CT molecular complexity index is 1500. The number of allylic oxidation sites excluding steroid dienone is 1. The molecular weight excluding hydrogens is 592 g/mol. The molecule has 0 N–H and O–H groups in total. The zero-order chi connectivity index (χ0) is 32.7. The summed E-state index contributed by atoms with van der Waals surface area (Å²) in [5, 5.41) is 0. The largest absolute Gasteiger partial charge is 0.452 e. The van der Waals surface area contributed by atoms with Crippen LogP contribution in [0.2, 0.25) is 0 Å². The van der Waals surface area contributed by atoms with Crippen molar-refractivity contribution >= 4 is 12.3 Å². The van der Waals surface area contributed by atoms with Crippen molar-refractivity contribution in [2.24, 2.45) is 45.8 Å². The summed E-state index contributed by atoms with van der Waals surface area (Å²) in [5.74, 6) is 0.714. The molecular formula is C40H48O7. The van der Waals surface area contributed by atoms with Gasteiger partial charge in [-0.15, -0.1) is 0 Å². The molecule has 4 aliphatic carbocycles. The van der Waals surface area contributed by atoms with Crippen LogP contribution >= 0.6 is 0 Å². The molecule has 47 heavy (non-hydrogen) atoms. The molecule has 8 rings (SSSR count). The van der Waals surface area contributed by atoms with Crippen LogP contribution in [0, 0.1) is 45.8 Å². The van der Waals surface area contributed by atoms with Crippen molar-refractivity contribution in [2.75, 3.05) is 13.7 Å². The summed E-state index contributed by atoms with van der Waals surface area (Å²) in [7, 11) is 1.69. The fourth-order valence-electron chi connectivity index (χ4n) is 11.3. The van der Waals surface area contributed by atoms with Crippen LogP contribution in [0.25, 0.3) is 0 Å². The molecule has 7 nitrogen and oxygen atoms in total.